The van der Waals surface area contributed by atoms with Crippen LogP contribution in [0.1, 0.15) is 5.76 Å². The lowest BCUT2D eigenvalue weighted by Gasteiger charge is -2.27. The van der Waals surface area contributed by atoms with Crippen LogP contribution in [0.4, 0.5) is 23.5 Å². The van der Waals surface area contributed by atoms with Crippen LogP contribution >= 0.6 is 22.6 Å². The van der Waals surface area contributed by atoms with E-state index in [0.717, 1.165) is 22.5 Å². The number of nitrogens with one attached hydrogen (secondary N) is 2. The van der Waals surface area contributed by atoms with Gasteiger partial charge in [-0.2, -0.15) is 20.1 Å². The number of halogens is 1. The number of nitrogens with zero attached hydrogens (tertiary/aromatic N) is 5. The van der Waals surface area contributed by atoms with Gasteiger partial charge in [-0.05, 0) is 46.9 Å². The molecular weight excluding hydrogens is 473 g/mol. The summed E-state index contributed by atoms with van der Waals surface area (Å²) in [5, 5.41) is 7.37. The molecule has 3 aromatic rings. The Morgan fingerprint density at radius 3 is 2.54 bits per heavy atom. The third-order valence-corrected chi connectivity index (χ3v) is 4.48. The molecule has 0 radical (unpaired) electrons. The Balaban J connectivity index is 1.56. The third-order valence-electron chi connectivity index (χ3n) is 3.90. The van der Waals surface area contributed by atoms with E-state index in [1.54, 1.807) is 6.21 Å². The summed E-state index contributed by atoms with van der Waals surface area (Å²) in [5.74, 6) is 1.99. The maximum absolute atomic E-state index is 5.45. The van der Waals surface area contributed by atoms with E-state index < -0.39 is 0 Å². The molecule has 0 amide bonds. The molecule has 1 aliphatic rings. The number of aromatic nitrogens is 3. The van der Waals surface area contributed by atoms with Gasteiger partial charge in [0.05, 0.1) is 19.4 Å². The highest BCUT2D eigenvalue weighted by Crippen LogP contribution is 2.18. The summed E-state index contributed by atoms with van der Waals surface area (Å²) in [4.78, 5) is 15.5. The first-order chi connectivity index (χ1) is 13.8. The van der Waals surface area contributed by atoms with E-state index in [-0.39, 0.29) is 0 Å². The molecule has 0 unspecified atom stereocenters. The van der Waals surface area contributed by atoms with Crippen LogP contribution in [0.3, 0.4) is 0 Å². The topological polar surface area (TPSA) is 101 Å². The zero-order valence-corrected chi connectivity index (χ0v) is 17.0. The monoisotopic (exact) mass is 491 g/mol. The first kappa shape index (κ1) is 18.6. The van der Waals surface area contributed by atoms with Crippen molar-refractivity contribution in [1.82, 2.24) is 15.0 Å². The van der Waals surface area contributed by atoms with Crippen LogP contribution in [-0.2, 0) is 4.74 Å². The molecule has 1 saturated heterocycles. The summed E-state index contributed by atoms with van der Waals surface area (Å²) in [7, 11) is 0. The van der Waals surface area contributed by atoms with E-state index in [0.29, 0.717) is 36.8 Å². The molecule has 28 heavy (non-hydrogen) atoms. The molecule has 2 aromatic heterocycles. The summed E-state index contributed by atoms with van der Waals surface area (Å²) in [5.41, 5.74) is 3.74. The SMILES string of the molecule is Ic1ccc(/C=N/Nc2nc(Nc3ccccc3)nc(N3CCOCC3)n2)o1. The molecule has 0 atom stereocenters. The molecule has 2 N–H and O–H groups in total. The quantitative estimate of drug-likeness (QED) is 0.308. The van der Waals surface area contributed by atoms with Gasteiger partial charge in [-0.1, -0.05) is 18.2 Å². The first-order valence-corrected chi connectivity index (χ1v) is 9.79. The molecule has 1 aromatic carbocycles. The van der Waals surface area contributed by atoms with Crippen LogP contribution in [-0.4, -0.2) is 47.5 Å². The van der Waals surface area contributed by atoms with Crippen molar-refractivity contribution in [2.75, 3.05) is 41.9 Å². The summed E-state index contributed by atoms with van der Waals surface area (Å²) in [6.07, 6.45) is 1.57. The van der Waals surface area contributed by atoms with Gasteiger partial charge in [0.15, 0.2) is 3.77 Å². The van der Waals surface area contributed by atoms with E-state index in [9.17, 15) is 0 Å². The number of ether oxygens (including phenoxy) is 1. The molecule has 0 bridgehead atoms. The minimum Gasteiger partial charge on any atom is -0.449 e. The van der Waals surface area contributed by atoms with Crippen molar-refractivity contribution in [3.8, 4) is 0 Å². The number of para-hydroxylation sites is 1. The third kappa shape index (κ3) is 4.95. The van der Waals surface area contributed by atoms with Crippen LogP contribution < -0.4 is 15.6 Å². The summed E-state index contributed by atoms with van der Waals surface area (Å²) < 4.78 is 11.7. The second-order valence-electron chi connectivity index (χ2n) is 5.88. The number of hydrogen-bond acceptors (Lipinski definition) is 9. The van der Waals surface area contributed by atoms with Crippen LogP contribution in [0.25, 0.3) is 0 Å². The van der Waals surface area contributed by atoms with Crippen molar-refractivity contribution in [2.24, 2.45) is 5.10 Å². The van der Waals surface area contributed by atoms with Gasteiger partial charge >= 0.3 is 0 Å². The fraction of sp³-hybridized carbons (Fsp3) is 0.222. The summed E-state index contributed by atoms with van der Waals surface area (Å²) in [6.45, 7) is 2.74. The molecule has 4 rings (SSSR count). The zero-order valence-electron chi connectivity index (χ0n) is 14.9. The maximum Gasteiger partial charge on any atom is 0.250 e. The number of hydrazone groups is 1. The van der Waals surface area contributed by atoms with E-state index in [2.05, 4.69) is 58.3 Å². The van der Waals surface area contributed by atoms with E-state index in [1.165, 1.54) is 0 Å². The predicted octanol–water partition coefficient (Wildman–Crippen LogP) is 3.10. The van der Waals surface area contributed by atoms with E-state index >= 15 is 0 Å². The minimum atomic E-state index is 0.340. The Labute approximate surface area is 175 Å². The molecule has 1 fully saturated rings. The lowest BCUT2D eigenvalue weighted by atomic mass is 10.3. The lowest BCUT2D eigenvalue weighted by molar-refractivity contribution is 0.122. The number of benzene rings is 1. The molecule has 10 heteroatoms. The molecule has 144 valence electrons. The highest BCUT2D eigenvalue weighted by molar-refractivity contribution is 14.1. The number of morpholine rings is 1. The van der Waals surface area contributed by atoms with Crippen LogP contribution in [0.15, 0.2) is 52.0 Å². The average molecular weight is 491 g/mol. The van der Waals surface area contributed by atoms with Crippen LogP contribution in [0.5, 0.6) is 0 Å². The van der Waals surface area contributed by atoms with Gasteiger partial charge in [0.25, 0.3) is 0 Å². The van der Waals surface area contributed by atoms with E-state index in [1.807, 2.05) is 42.5 Å². The largest absolute Gasteiger partial charge is 0.449 e. The number of hydrogen-bond donors (Lipinski definition) is 2. The molecule has 0 aliphatic carbocycles. The van der Waals surface area contributed by atoms with Crippen molar-refractivity contribution < 1.29 is 9.15 Å². The van der Waals surface area contributed by atoms with Gasteiger partial charge in [-0.3, -0.25) is 0 Å². The van der Waals surface area contributed by atoms with Crippen molar-refractivity contribution in [3.05, 3.63) is 52.0 Å². The Morgan fingerprint density at radius 2 is 1.79 bits per heavy atom. The standard InChI is InChI=1S/C18H18IN7O2/c19-15-7-6-14(28-15)12-20-25-17-22-16(21-13-4-2-1-3-5-13)23-18(24-17)26-8-10-27-11-9-26/h1-7,12H,8-11H2,(H2,21,22,23,24,25)/b20-12+. The van der Waals surface area contributed by atoms with Crippen molar-refractivity contribution in [1.29, 1.82) is 0 Å². The second-order valence-corrected chi connectivity index (χ2v) is 6.95. The fourth-order valence-corrected chi connectivity index (χ4v) is 3.01. The number of furan rings is 1. The van der Waals surface area contributed by atoms with Crippen molar-refractivity contribution in [2.45, 2.75) is 0 Å². The lowest BCUT2D eigenvalue weighted by Crippen LogP contribution is -2.37. The van der Waals surface area contributed by atoms with Crippen molar-refractivity contribution >= 4 is 52.3 Å². The predicted molar refractivity (Wildman–Crippen MR) is 115 cm³/mol. The Hall–Kier alpha value is -2.73. The molecular formula is C18H18IN7O2. The van der Waals surface area contributed by atoms with Gasteiger partial charge in [0, 0.05) is 18.8 Å². The summed E-state index contributed by atoms with van der Waals surface area (Å²) >= 11 is 2.10. The Kier molecular flexibility index (Phi) is 5.97. The van der Waals surface area contributed by atoms with Gasteiger partial charge in [0.1, 0.15) is 5.76 Å². The van der Waals surface area contributed by atoms with Gasteiger partial charge in [-0.25, -0.2) is 5.43 Å². The van der Waals surface area contributed by atoms with Crippen molar-refractivity contribution in [3.63, 3.8) is 0 Å². The van der Waals surface area contributed by atoms with Crippen LogP contribution in [0, 0.1) is 3.77 Å². The van der Waals surface area contributed by atoms with Crippen LogP contribution in [0.2, 0.25) is 0 Å². The molecule has 9 nitrogen and oxygen atoms in total. The zero-order chi connectivity index (χ0) is 19.2. The normalized spacial score (nSPS) is 14.4. The first-order valence-electron chi connectivity index (χ1n) is 8.71. The molecule has 0 saturated carbocycles. The molecule has 1 aliphatic heterocycles. The summed E-state index contributed by atoms with van der Waals surface area (Å²) in [6, 6.07) is 13.4. The Morgan fingerprint density at radius 1 is 1.00 bits per heavy atom. The Bertz CT molecular complexity index is 942. The van der Waals surface area contributed by atoms with Gasteiger partial charge < -0.3 is 19.4 Å². The smallest absolute Gasteiger partial charge is 0.250 e. The molecule has 0 spiro atoms. The highest BCUT2D eigenvalue weighted by atomic mass is 127. The number of anilines is 4. The number of rotatable bonds is 6. The molecule has 3 heterocycles. The minimum absolute atomic E-state index is 0.340. The highest BCUT2D eigenvalue weighted by Gasteiger charge is 2.16. The van der Waals surface area contributed by atoms with E-state index in [4.69, 9.17) is 9.15 Å². The second kappa shape index (κ2) is 8.97. The van der Waals surface area contributed by atoms with Gasteiger partial charge in [0.2, 0.25) is 17.8 Å². The average Bonchev–Trinajstić information content (AvgIpc) is 3.14. The fourth-order valence-electron chi connectivity index (χ4n) is 2.58. The van der Waals surface area contributed by atoms with Gasteiger partial charge in [-0.15, -0.1) is 0 Å². The maximum atomic E-state index is 5.45.